The van der Waals surface area contributed by atoms with Crippen molar-refractivity contribution in [2.24, 2.45) is 5.73 Å². The zero-order chi connectivity index (χ0) is 9.68. The van der Waals surface area contributed by atoms with Crippen molar-refractivity contribution >= 4 is 22.9 Å². The molecule has 0 fully saturated rings. The summed E-state index contributed by atoms with van der Waals surface area (Å²) >= 11 is 7.46. The number of hydrogen-bond acceptors (Lipinski definition) is 3. The quantitative estimate of drug-likeness (QED) is 0.745. The summed E-state index contributed by atoms with van der Waals surface area (Å²) in [6, 6.07) is 4.37. The molecule has 1 aromatic rings. The van der Waals surface area contributed by atoms with Crippen molar-refractivity contribution in [3.05, 3.63) is 21.3 Å². The normalized spacial score (nSPS) is 13.2. The molecule has 1 unspecified atom stereocenters. The molecule has 0 saturated heterocycles. The van der Waals surface area contributed by atoms with Crippen LogP contribution in [0.5, 0.6) is 0 Å². The fourth-order valence-corrected chi connectivity index (χ4v) is 2.17. The summed E-state index contributed by atoms with van der Waals surface area (Å²) in [4.78, 5) is 1.28. The van der Waals surface area contributed by atoms with Crippen LogP contribution >= 0.6 is 22.9 Å². The van der Waals surface area contributed by atoms with Crippen LogP contribution in [0.2, 0.25) is 4.34 Å². The molecule has 1 heterocycles. The van der Waals surface area contributed by atoms with Crippen molar-refractivity contribution in [2.45, 2.75) is 19.4 Å². The van der Waals surface area contributed by atoms with E-state index in [1.165, 1.54) is 4.88 Å². The van der Waals surface area contributed by atoms with Gasteiger partial charge in [0.05, 0.1) is 4.34 Å². The Balaban J connectivity index is 2.35. The molecule has 0 bridgehead atoms. The second-order valence-electron chi connectivity index (χ2n) is 2.96. The predicted octanol–water partition coefficient (Wildman–Crippen LogP) is 2.40. The first kappa shape index (κ1) is 11.0. The van der Waals surface area contributed by atoms with Crippen molar-refractivity contribution in [1.29, 1.82) is 0 Å². The number of nitrogens with two attached hydrogens (primary N) is 1. The minimum atomic E-state index is 0.379. The monoisotopic (exact) mass is 218 g/mol. The third-order valence-electron chi connectivity index (χ3n) is 1.85. The molecule has 0 aliphatic carbocycles. The summed E-state index contributed by atoms with van der Waals surface area (Å²) in [7, 11) is 0. The van der Waals surface area contributed by atoms with Gasteiger partial charge in [-0.1, -0.05) is 11.6 Å². The van der Waals surface area contributed by atoms with Crippen LogP contribution in [0.15, 0.2) is 12.1 Å². The Morgan fingerprint density at radius 3 is 2.92 bits per heavy atom. The minimum Gasteiger partial charge on any atom is -0.330 e. The standard InChI is InChI=1S/C9H15ClN2S/c1-7(12-6-2-5-11)8-3-4-9(10)13-8/h3-4,7,12H,2,5-6,11H2,1H3. The number of nitrogens with one attached hydrogen (secondary N) is 1. The molecule has 4 heteroatoms. The molecule has 1 atom stereocenters. The molecule has 74 valence electrons. The summed E-state index contributed by atoms with van der Waals surface area (Å²) in [5.41, 5.74) is 5.40. The van der Waals surface area contributed by atoms with E-state index in [-0.39, 0.29) is 0 Å². The van der Waals surface area contributed by atoms with Gasteiger partial charge in [0, 0.05) is 10.9 Å². The van der Waals surface area contributed by atoms with Crippen LogP contribution in [0.3, 0.4) is 0 Å². The maximum absolute atomic E-state index is 5.84. The second kappa shape index (κ2) is 5.60. The molecule has 0 spiro atoms. The van der Waals surface area contributed by atoms with Gasteiger partial charge in [-0.2, -0.15) is 0 Å². The second-order valence-corrected chi connectivity index (χ2v) is 4.71. The molecule has 2 nitrogen and oxygen atoms in total. The van der Waals surface area contributed by atoms with Gasteiger partial charge in [-0.05, 0) is 38.6 Å². The van der Waals surface area contributed by atoms with Crippen molar-refractivity contribution in [2.75, 3.05) is 13.1 Å². The zero-order valence-electron chi connectivity index (χ0n) is 7.72. The lowest BCUT2D eigenvalue weighted by atomic mass is 10.2. The topological polar surface area (TPSA) is 38.0 Å². The first-order chi connectivity index (χ1) is 6.24. The molecule has 13 heavy (non-hydrogen) atoms. The van der Waals surface area contributed by atoms with Crippen LogP contribution in [0.4, 0.5) is 0 Å². The smallest absolute Gasteiger partial charge is 0.0931 e. The summed E-state index contributed by atoms with van der Waals surface area (Å²) in [5, 5.41) is 3.38. The number of rotatable bonds is 5. The molecule has 0 aromatic carbocycles. The van der Waals surface area contributed by atoms with Crippen LogP contribution in [0.1, 0.15) is 24.3 Å². The molecular formula is C9H15ClN2S. The molecule has 0 aliphatic rings. The summed E-state index contributed by atoms with van der Waals surface area (Å²) in [5.74, 6) is 0. The summed E-state index contributed by atoms with van der Waals surface area (Å²) in [6.45, 7) is 3.84. The van der Waals surface area contributed by atoms with Gasteiger partial charge in [0.25, 0.3) is 0 Å². The van der Waals surface area contributed by atoms with Gasteiger partial charge in [0.15, 0.2) is 0 Å². The lowest BCUT2D eigenvalue weighted by molar-refractivity contribution is 0.569. The van der Waals surface area contributed by atoms with E-state index in [9.17, 15) is 0 Å². The Bertz CT molecular complexity index is 250. The minimum absolute atomic E-state index is 0.379. The van der Waals surface area contributed by atoms with Gasteiger partial charge in [-0.3, -0.25) is 0 Å². The lowest BCUT2D eigenvalue weighted by Crippen LogP contribution is -2.21. The van der Waals surface area contributed by atoms with Crippen LogP contribution in [-0.2, 0) is 0 Å². The SMILES string of the molecule is CC(NCCCN)c1ccc(Cl)s1. The van der Waals surface area contributed by atoms with Crippen LogP contribution in [-0.4, -0.2) is 13.1 Å². The van der Waals surface area contributed by atoms with E-state index in [0.29, 0.717) is 6.04 Å². The number of hydrogen-bond donors (Lipinski definition) is 2. The largest absolute Gasteiger partial charge is 0.330 e. The van der Waals surface area contributed by atoms with E-state index in [0.717, 1.165) is 23.8 Å². The third-order valence-corrected chi connectivity index (χ3v) is 3.27. The Kier molecular flexibility index (Phi) is 4.73. The van der Waals surface area contributed by atoms with Crippen molar-refractivity contribution < 1.29 is 0 Å². The summed E-state index contributed by atoms with van der Waals surface area (Å²) < 4.78 is 0.850. The highest BCUT2D eigenvalue weighted by Gasteiger charge is 2.06. The van der Waals surface area contributed by atoms with Crippen molar-refractivity contribution in [1.82, 2.24) is 5.32 Å². The Morgan fingerprint density at radius 1 is 1.62 bits per heavy atom. The highest BCUT2D eigenvalue weighted by atomic mass is 35.5. The lowest BCUT2D eigenvalue weighted by Gasteiger charge is -2.10. The number of halogens is 1. The molecule has 0 saturated carbocycles. The predicted molar refractivity (Wildman–Crippen MR) is 59.4 cm³/mol. The van der Waals surface area contributed by atoms with Crippen LogP contribution in [0.25, 0.3) is 0 Å². The highest BCUT2D eigenvalue weighted by Crippen LogP contribution is 2.26. The first-order valence-electron chi connectivity index (χ1n) is 4.42. The van der Waals surface area contributed by atoms with E-state index < -0.39 is 0 Å². The molecule has 1 rings (SSSR count). The van der Waals surface area contributed by atoms with Gasteiger partial charge in [-0.25, -0.2) is 0 Å². The van der Waals surface area contributed by atoms with Crippen molar-refractivity contribution in [3.63, 3.8) is 0 Å². The molecule has 0 aliphatic heterocycles. The molecule has 0 radical (unpaired) electrons. The third kappa shape index (κ3) is 3.65. The maximum atomic E-state index is 5.84. The van der Waals surface area contributed by atoms with E-state index >= 15 is 0 Å². The Morgan fingerprint density at radius 2 is 2.38 bits per heavy atom. The van der Waals surface area contributed by atoms with E-state index in [2.05, 4.69) is 18.3 Å². The average Bonchev–Trinajstić information content (AvgIpc) is 2.52. The first-order valence-corrected chi connectivity index (χ1v) is 5.62. The summed E-state index contributed by atoms with van der Waals surface area (Å²) in [6.07, 6.45) is 1.02. The van der Waals surface area contributed by atoms with E-state index in [4.69, 9.17) is 17.3 Å². The van der Waals surface area contributed by atoms with Crippen LogP contribution in [0, 0.1) is 0 Å². The zero-order valence-corrected chi connectivity index (χ0v) is 9.29. The molecule has 3 N–H and O–H groups in total. The van der Waals surface area contributed by atoms with E-state index in [1.807, 2.05) is 6.07 Å². The Labute approximate surface area is 88.1 Å². The van der Waals surface area contributed by atoms with E-state index in [1.54, 1.807) is 11.3 Å². The van der Waals surface area contributed by atoms with Gasteiger partial charge < -0.3 is 11.1 Å². The highest BCUT2D eigenvalue weighted by molar-refractivity contribution is 7.16. The van der Waals surface area contributed by atoms with Gasteiger partial charge in [-0.15, -0.1) is 11.3 Å². The molecule has 1 aromatic heterocycles. The Hall–Kier alpha value is -0.0900. The fourth-order valence-electron chi connectivity index (χ4n) is 1.08. The van der Waals surface area contributed by atoms with Crippen LogP contribution < -0.4 is 11.1 Å². The van der Waals surface area contributed by atoms with Crippen molar-refractivity contribution in [3.8, 4) is 0 Å². The molecular weight excluding hydrogens is 204 g/mol. The van der Waals surface area contributed by atoms with Gasteiger partial charge in [0.2, 0.25) is 0 Å². The van der Waals surface area contributed by atoms with Gasteiger partial charge >= 0.3 is 0 Å². The fraction of sp³-hybridized carbons (Fsp3) is 0.556. The number of thiophene rings is 1. The van der Waals surface area contributed by atoms with Gasteiger partial charge in [0.1, 0.15) is 0 Å². The molecule has 0 amide bonds. The average molecular weight is 219 g/mol. The maximum Gasteiger partial charge on any atom is 0.0931 e.